The fourth-order valence-corrected chi connectivity index (χ4v) is 1.42. The number of ether oxygens (including phenoxy) is 1. The maximum Gasteiger partial charge on any atom is 0.241 e. The first-order valence-corrected chi connectivity index (χ1v) is 4.80. The molecule has 0 saturated heterocycles. The summed E-state index contributed by atoms with van der Waals surface area (Å²) in [6, 6.07) is 5.88. The minimum Gasteiger partial charge on any atom is -0.437 e. The zero-order valence-corrected chi connectivity index (χ0v) is 9.07. The molecule has 0 spiro atoms. The summed E-state index contributed by atoms with van der Waals surface area (Å²) in [5, 5.41) is 4.10. The van der Waals surface area contributed by atoms with E-state index in [0.29, 0.717) is 23.0 Å². The summed E-state index contributed by atoms with van der Waals surface area (Å²) in [5.74, 6) is 0.466. The van der Waals surface area contributed by atoms with Crippen LogP contribution in [0, 0.1) is 12.7 Å². The maximum atomic E-state index is 12.9. The molecule has 1 aromatic heterocycles. The van der Waals surface area contributed by atoms with E-state index < -0.39 is 0 Å². The molecule has 2 rings (SSSR count). The van der Waals surface area contributed by atoms with Gasteiger partial charge in [-0.2, -0.15) is 5.10 Å². The number of benzene rings is 1. The van der Waals surface area contributed by atoms with Gasteiger partial charge in [0.05, 0.1) is 5.69 Å². The third-order valence-electron chi connectivity index (χ3n) is 2.22. The van der Waals surface area contributed by atoms with E-state index in [1.165, 1.54) is 16.8 Å². The van der Waals surface area contributed by atoms with Gasteiger partial charge in [0, 0.05) is 13.1 Å². The third-order valence-corrected chi connectivity index (χ3v) is 2.22. The molecule has 4 nitrogen and oxygen atoms in total. The summed E-state index contributed by atoms with van der Waals surface area (Å²) in [4.78, 5) is 0. The van der Waals surface area contributed by atoms with Gasteiger partial charge in [-0.3, -0.25) is 0 Å². The summed E-state index contributed by atoms with van der Waals surface area (Å²) in [5.41, 5.74) is 6.94. The monoisotopic (exact) mass is 221 g/mol. The van der Waals surface area contributed by atoms with E-state index in [-0.39, 0.29) is 5.82 Å². The van der Waals surface area contributed by atoms with Gasteiger partial charge in [-0.1, -0.05) is 6.07 Å². The van der Waals surface area contributed by atoms with Crippen LogP contribution in [-0.2, 0) is 7.05 Å². The Morgan fingerprint density at radius 3 is 2.75 bits per heavy atom. The molecular formula is C11H12FN3O. The Kier molecular flexibility index (Phi) is 2.52. The van der Waals surface area contributed by atoms with Crippen LogP contribution in [0.2, 0.25) is 0 Å². The number of aromatic nitrogens is 2. The fraction of sp³-hybridized carbons (Fsp3) is 0.182. The standard InChI is InChI=1S/C11H12FN3O/c1-7-10(13)11(15(2)14-7)16-9-5-3-4-8(12)6-9/h3-6H,13H2,1-2H3. The first-order chi connectivity index (χ1) is 7.58. The Morgan fingerprint density at radius 2 is 2.19 bits per heavy atom. The van der Waals surface area contributed by atoms with E-state index in [9.17, 15) is 4.39 Å². The Bertz CT molecular complexity index is 522. The molecule has 1 heterocycles. The van der Waals surface area contributed by atoms with Crippen LogP contribution < -0.4 is 10.5 Å². The molecule has 0 aliphatic heterocycles. The van der Waals surface area contributed by atoms with Gasteiger partial charge in [0.2, 0.25) is 5.88 Å². The van der Waals surface area contributed by atoms with Crippen molar-refractivity contribution in [2.45, 2.75) is 6.92 Å². The molecule has 5 heteroatoms. The van der Waals surface area contributed by atoms with Crippen molar-refractivity contribution in [2.75, 3.05) is 5.73 Å². The number of rotatable bonds is 2. The fourth-order valence-electron chi connectivity index (χ4n) is 1.42. The number of hydrogen-bond donors (Lipinski definition) is 1. The molecule has 2 N–H and O–H groups in total. The van der Waals surface area contributed by atoms with Gasteiger partial charge in [-0.15, -0.1) is 0 Å². The van der Waals surface area contributed by atoms with Gasteiger partial charge in [0.25, 0.3) is 0 Å². The van der Waals surface area contributed by atoms with Crippen LogP contribution in [0.4, 0.5) is 10.1 Å². The second-order valence-electron chi connectivity index (χ2n) is 3.49. The molecule has 84 valence electrons. The molecule has 0 fully saturated rings. The summed E-state index contributed by atoms with van der Waals surface area (Å²) < 4.78 is 19.9. The normalized spacial score (nSPS) is 10.4. The van der Waals surface area contributed by atoms with Gasteiger partial charge >= 0.3 is 0 Å². The number of nitrogens with two attached hydrogens (primary N) is 1. The number of nitrogens with zero attached hydrogens (tertiary/aromatic N) is 2. The zero-order valence-electron chi connectivity index (χ0n) is 9.07. The highest BCUT2D eigenvalue weighted by atomic mass is 19.1. The highest BCUT2D eigenvalue weighted by Crippen LogP contribution is 2.29. The van der Waals surface area contributed by atoms with Crippen molar-refractivity contribution in [3.05, 3.63) is 35.8 Å². The zero-order chi connectivity index (χ0) is 11.7. The van der Waals surface area contributed by atoms with Gasteiger partial charge in [-0.25, -0.2) is 9.07 Å². The molecule has 0 aliphatic carbocycles. The summed E-state index contributed by atoms with van der Waals surface area (Å²) in [7, 11) is 1.72. The predicted octanol–water partition coefficient (Wildman–Crippen LogP) is 2.24. The van der Waals surface area contributed by atoms with E-state index in [1.807, 2.05) is 0 Å². The first kappa shape index (κ1) is 10.5. The lowest BCUT2D eigenvalue weighted by Crippen LogP contribution is -1.97. The molecule has 0 atom stereocenters. The van der Waals surface area contributed by atoms with Crippen molar-refractivity contribution in [1.29, 1.82) is 0 Å². The molecule has 1 aromatic carbocycles. The second-order valence-corrected chi connectivity index (χ2v) is 3.49. The molecule has 0 saturated carbocycles. The molecular weight excluding hydrogens is 209 g/mol. The lowest BCUT2D eigenvalue weighted by Gasteiger charge is -2.06. The van der Waals surface area contributed by atoms with Gasteiger partial charge in [0.15, 0.2) is 0 Å². The van der Waals surface area contributed by atoms with Crippen molar-refractivity contribution in [3.63, 3.8) is 0 Å². The third kappa shape index (κ3) is 1.84. The molecule has 0 radical (unpaired) electrons. The van der Waals surface area contributed by atoms with E-state index in [2.05, 4.69) is 5.10 Å². The number of nitrogen functional groups attached to an aromatic ring is 1. The van der Waals surface area contributed by atoms with Crippen molar-refractivity contribution < 1.29 is 9.13 Å². The van der Waals surface area contributed by atoms with E-state index >= 15 is 0 Å². The van der Waals surface area contributed by atoms with Crippen LogP contribution in [0.3, 0.4) is 0 Å². The lowest BCUT2D eigenvalue weighted by atomic mass is 10.3. The SMILES string of the molecule is Cc1nn(C)c(Oc2cccc(F)c2)c1N. The molecule has 2 aromatic rings. The van der Waals surface area contributed by atoms with Crippen LogP contribution in [-0.4, -0.2) is 9.78 Å². The molecule has 0 amide bonds. The number of hydrogen-bond acceptors (Lipinski definition) is 3. The quantitative estimate of drug-likeness (QED) is 0.846. The van der Waals surface area contributed by atoms with Gasteiger partial charge in [0.1, 0.15) is 17.3 Å². The van der Waals surface area contributed by atoms with Crippen LogP contribution in [0.1, 0.15) is 5.69 Å². The predicted molar refractivity (Wildman–Crippen MR) is 58.8 cm³/mol. The average Bonchev–Trinajstić information content (AvgIpc) is 2.45. The van der Waals surface area contributed by atoms with E-state index in [1.54, 1.807) is 26.1 Å². The van der Waals surface area contributed by atoms with E-state index in [4.69, 9.17) is 10.5 Å². The average molecular weight is 221 g/mol. The molecule has 0 bridgehead atoms. The highest BCUT2D eigenvalue weighted by molar-refractivity contribution is 5.53. The first-order valence-electron chi connectivity index (χ1n) is 4.80. The summed E-state index contributed by atoms with van der Waals surface area (Å²) in [6.45, 7) is 1.79. The maximum absolute atomic E-state index is 12.9. The van der Waals surface area contributed by atoms with Crippen LogP contribution in [0.15, 0.2) is 24.3 Å². The van der Waals surface area contributed by atoms with Crippen LogP contribution in [0.25, 0.3) is 0 Å². The highest BCUT2D eigenvalue weighted by Gasteiger charge is 2.12. The number of aryl methyl sites for hydroxylation is 2. The number of anilines is 1. The molecule has 0 unspecified atom stereocenters. The van der Waals surface area contributed by atoms with Crippen molar-refractivity contribution in [3.8, 4) is 11.6 Å². The Balaban J connectivity index is 2.34. The minimum atomic E-state index is -0.352. The molecule has 16 heavy (non-hydrogen) atoms. The van der Waals surface area contributed by atoms with Crippen molar-refractivity contribution in [2.24, 2.45) is 7.05 Å². The Labute approximate surface area is 92.4 Å². The van der Waals surface area contributed by atoms with Gasteiger partial charge in [-0.05, 0) is 19.1 Å². The van der Waals surface area contributed by atoms with Crippen molar-refractivity contribution >= 4 is 5.69 Å². The Hall–Kier alpha value is -2.04. The van der Waals surface area contributed by atoms with Gasteiger partial charge < -0.3 is 10.5 Å². The summed E-state index contributed by atoms with van der Waals surface area (Å²) in [6.07, 6.45) is 0. The van der Waals surface area contributed by atoms with Crippen molar-refractivity contribution in [1.82, 2.24) is 9.78 Å². The Morgan fingerprint density at radius 1 is 1.44 bits per heavy atom. The second kappa shape index (κ2) is 3.84. The van der Waals surface area contributed by atoms with Crippen LogP contribution in [0.5, 0.6) is 11.6 Å². The number of halogens is 1. The lowest BCUT2D eigenvalue weighted by molar-refractivity contribution is 0.429. The van der Waals surface area contributed by atoms with Crippen LogP contribution >= 0.6 is 0 Å². The topological polar surface area (TPSA) is 53.1 Å². The largest absolute Gasteiger partial charge is 0.437 e. The minimum absolute atomic E-state index is 0.352. The van der Waals surface area contributed by atoms with E-state index in [0.717, 1.165) is 0 Å². The smallest absolute Gasteiger partial charge is 0.241 e. The molecule has 0 aliphatic rings. The summed E-state index contributed by atoms with van der Waals surface area (Å²) >= 11 is 0.